The van der Waals surface area contributed by atoms with Gasteiger partial charge in [-0.25, -0.2) is 14.5 Å². The maximum atomic E-state index is 13.2. The Morgan fingerprint density at radius 1 is 0.615 bits per heavy atom. The van der Waals surface area contributed by atoms with Crippen LogP contribution in [-0.4, -0.2) is 23.8 Å². The number of nitrogens with zero attached hydrogens (tertiary/aromatic N) is 1. The summed E-state index contributed by atoms with van der Waals surface area (Å²) in [6.07, 6.45) is 0. The van der Waals surface area contributed by atoms with E-state index in [1.54, 1.807) is 60.7 Å². The van der Waals surface area contributed by atoms with Crippen molar-refractivity contribution in [2.24, 2.45) is 0 Å². The van der Waals surface area contributed by atoms with Crippen LogP contribution in [0.3, 0.4) is 0 Å². The van der Waals surface area contributed by atoms with Crippen molar-refractivity contribution in [3.8, 4) is 0 Å². The van der Waals surface area contributed by atoms with Gasteiger partial charge >= 0.3 is 11.9 Å². The molecular formula is C30H19Cl2NO6. The number of hydrogen-bond donors (Lipinski definition) is 0. The van der Waals surface area contributed by atoms with Gasteiger partial charge in [-0.3, -0.25) is 9.59 Å². The van der Waals surface area contributed by atoms with Crippen molar-refractivity contribution >= 4 is 52.6 Å². The van der Waals surface area contributed by atoms with E-state index in [-0.39, 0.29) is 41.2 Å². The van der Waals surface area contributed by atoms with Crippen molar-refractivity contribution in [1.29, 1.82) is 0 Å². The number of hydrogen-bond acceptors (Lipinski definition) is 6. The Kier molecular flexibility index (Phi) is 7.45. The van der Waals surface area contributed by atoms with Gasteiger partial charge in [-0.15, -0.1) is 0 Å². The maximum absolute atomic E-state index is 13.2. The number of benzene rings is 4. The molecule has 4 aromatic rings. The summed E-state index contributed by atoms with van der Waals surface area (Å²) in [5.74, 6) is -2.44. The first-order valence-electron chi connectivity index (χ1n) is 11.8. The van der Waals surface area contributed by atoms with Crippen molar-refractivity contribution in [3.63, 3.8) is 0 Å². The van der Waals surface area contributed by atoms with Crippen LogP contribution in [0.2, 0.25) is 10.0 Å². The number of rotatable bonds is 7. The molecular weight excluding hydrogens is 541 g/mol. The second-order valence-electron chi connectivity index (χ2n) is 8.66. The molecule has 1 aliphatic rings. The first-order chi connectivity index (χ1) is 18.8. The number of imide groups is 1. The minimum absolute atomic E-state index is 0.0208. The number of carbonyl (C=O) groups excluding carboxylic acids is 4. The Morgan fingerprint density at radius 3 is 1.69 bits per heavy atom. The van der Waals surface area contributed by atoms with Gasteiger partial charge < -0.3 is 9.47 Å². The van der Waals surface area contributed by atoms with Crippen LogP contribution < -0.4 is 4.90 Å². The van der Waals surface area contributed by atoms with E-state index in [1.807, 2.05) is 0 Å². The molecule has 0 saturated carbocycles. The Hall–Kier alpha value is -4.46. The fourth-order valence-corrected chi connectivity index (χ4v) is 4.25. The van der Waals surface area contributed by atoms with Crippen LogP contribution in [0.5, 0.6) is 0 Å². The largest absolute Gasteiger partial charge is 0.457 e. The second kappa shape index (κ2) is 11.1. The van der Waals surface area contributed by atoms with Crippen LogP contribution in [0.25, 0.3) is 0 Å². The van der Waals surface area contributed by atoms with Gasteiger partial charge in [0.05, 0.1) is 27.9 Å². The van der Waals surface area contributed by atoms with Crippen LogP contribution in [-0.2, 0) is 22.7 Å². The number of carbonyl (C=O) groups is 4. The Morgan fingerprint density at radius 2 is 1.13 bits per heavy atom. The van der Waals surface area contributed by atoms with Crippen molar-refractivity contribution in [1.82, 2.24) is 0 Å². The first-order valence-corrected chi connectivity index (χ1v) is 12.5. The van der Waals surface area contributed by atoms with Crippen LogP contribution in [0.15, 0.2) is 91.0 Å². The highest BCUT2D eigenvalue weighted by Gasteiger charge is 2.37. The van der Waals surface area contributed by atoms with Crippen LogP contribution in [0, 0.1) is 0 Å². The molecule has 1 aliphatic heterocycles. The predicted molar refractivity (Wildman–Crippen MR) is 145 cm³/mol. The Labute approximate surface area is 233 Å². The molecule has 2 amide bonds. The lowest BCUT2D eigenvalue weighted by atomic mass is 10.1. The summed E-state index contributed by atoms with van der Waals surface area (Å²) in [4.78, 5) is 52.5. The number of halogens is 2. The zero-order chi connectivity index (χ0) is 27.5. The van der Waals surface area contributed by atoms with Crippen molar-refractivity contribution < 1.29 is 28.7 Å². The highest BCUT2D eigenvalue weighted by Crippen LogP contribution is 2.30. The molecule has 9 heteroatoms. The average Bonchev–Trinajstić information content (AvgIpc) is 3.21. The third-order valence-corrected chi connectivity index (χ3v) is 6.53. The van der Waals surface area contributed by atoms with E-state index in [2.05, 4.69) is 0 Å². The average molecular weight is 560 g/mol. The smallest absolute Gasteiger partial charge is 0.338 e. The fourth-order valence-electron chi connectivity index (χ4n) is 4.00. The minimum atomic E-state index is -0.642. The lowest BCUT2D eigenvalue weighted by Gasteiger charge is -2.15. The molecule has 0 spiro atoms. The Bertz CT molecular complexity index is 1600. The third kappa shape index (κ3) is 5.70. The molecule has 0 atom stereocenters. The molecule has 0 aliphatic carbocycles. The highest BCUT2D eigenvalue weighted by molar-refractivity contribution is 6.35. The monoisotopic (exact) mass is 559 g/mol. The normalized spacial score (nSPS) is 12.3. The number of esters is 2. The maximum Gasteiger partial charge on any atom is 0.338 e. The van der Waals surface area contributed by atoms with E-state index >= 15 is 0 Å². The summed E-state index contributed by atoms with van der Waals surface area (Å²) in [6.45, 7) is 0.0527. The van der Waals surface area contributed by atoms with Crippen molar-refractivity contribution in [2.45, 2.75) is 13.2 Å². The van der Waals surface area contributed by atoms with Gasteiger partial charge in [0.1, 0.15) is 13.2 Å². The summed E-state index contributed by atoms with van der Waals surface area (Å²) in [7, 11) is 0. The second-order valence-corrected chi connectivity index (χ2v) is 9.53. The Balaban J connectivity index is 1.29. The van der Waals surface area contributed by atoms with E-state index in [0.717, 1.165) is 16.0 Å². The van der Waals surface area contributed by atoms with Gasteiger partial charge in [0.25, 0.3) is 11.8 Å². The van der Waals surface area contributed by atoms with Crippen LogP contribution in [0.4, 0.5) is 5.69 Å². The summed E-state index contributed by atoms with van der Waals surface area (Å²) < 4.78 is 10.7. The van der Waals surface area contributed by atoms with Crippen LogP contribution >= 0.6 is 23.2 Å². The van der Waals surface area contributed by atoms with E-state index in [4.69, 9.17) is 32.7 Å². The molecule has 0 saturated heterocycles. The SMILES string of the molecule is O=C(OCc1ccc(Cl)cc1)c1cccc(N2C(=O)c3ccc(C(=O)OCc4ccc(Cl)cc4)cc3C2=O)c1. The fraction of sp³-hybridized carbons (Fsp3) is 0.0667. The third-order valence-electron chi connectivity index (χ3n) is 6.03. The highest BCUT2D eigenvalue weighted by atomic mass is 35.5. The standard InChI is InChI=1S/C30H19Cl2NO6/c31-22-9-4-18(5-10-22)16-38-29(36)20-2-1-3-24(14-20)33-27(34)25-13-8-21(15-26(25)28(33)35)30(37)39-17-19-6-11-23(32)12-7-19/h1-15H,16-17H2. The first kappa shape index (κ1) is 26.2. The molecule has 0 fully saturated rings. The lowest BCUT2D eigenvalue weighted by molar-refractivity contribution is 0.0464. The minimum Gasteiger partial charge on any atom is -0.457 e. The summed E-state index contributed by atoms with van der Waals surface area (Å²) in [6, 6.07) is 23.9. The van der Waals surface area contributed by atoms with E-state index in [9.17, 15) is 19.2 Å². The topological polar surface area (TPSA) is 90.0 Å². The summed E-state index contributed by atoms with van der Waals surface area (Å²) >= 11 is 11.8. The van der Waals surface area contributed by atoms with Gasteiger partial charge in [0, 0.05) is 10.0 Å². The molecule has 1 heterocycles. The van der Waals surface area contributed by atoms with Gasteiger partial charge in [-0.2, -0.15) is 0 Å². The molecule has 0 aromatic heterocycles. The molecule has 0 N–H and O–H groups in total. The molecule has 0 unspecified atom stereocenters. The summed E-state index contributed by atoms with van der Waals surface area (Å²) in [5.41, 5.74) is 2.22. The number of amides is 2. The van der Waals surface area contributed by atoms with Gasteiger partial charge in [0.2, 0.25) is 0 Å². The molecule has 0 radical (unpaired) electrons. The van der Waals surface area contributed by atoms with E-state index < -0.39 is 23.8 Å². The predicted octanol–water partition coefficient (Wildman–Crippen LogP) is 6.51. The molecule has 7 nitrogen and oxygen atoms in total. The zero-order valence-corrected chi connectivity index (χ0v) is 21.7. The quantitative estimate of drug-likeness (QED) is 0.189. The van der Waals surface area contributed by atoms with Crippen molar-refractivity contribution in [3.05, 3.63) is 134 Å². The molecule has 5 rings (SSSR count). The molecule has 0 bridgehead atoms. The van der Waals surface area contributed by atoms with Crippen molar-refractivity contribution in [2.75, 3.05) is 4.90 Å². The molecule has 39 heavy (non-hydrogen) atoms. The van der Waals surface area contributed by atoms with E-state index in [1.165, 1.54) is 30.3 Å². The molecule has 4 aromatic carbocycles. The number of fused-ring (bicyclic) bond motifs is 1. The van der Waals surface area contributed by atoms with Gasteiger partial charge in [-0.05, 0) is 71.8 Å². The summed E-state index contributed by atoms with van der Waals surface area (Å²) in [5, 5.41) is 1.14. The van der Waals surface area contributed by atoms with E-state index in [0.29, 0.717) is 10.0 Å². The lowest BCUT2D eigenvalue weighted by Crippen LogP contribution is -2.29. The van der Waals surface area contributed by atoms with Gasteiger partial charge in [0.15, 0.2) is 0 Å². The van der Waals surface area contributed by atoms with Gasteiger partial charge in [-0.1, -0.05) is 53.5 Å². The number of anilines is 1. The number of ether oxygens (including phenoxy) is 2. The zero-order valence-electron chi connectivity index (χ0n) is 20.2. The molecule has 194 valence electrons. The van der Waals surface area contributed by atoms with Crippen LogP contribution in [0.1, 0.15) is 52.6 Å².